The second-order valence-corrected chi connectivity index (χ2v) is 6.45. The molecule has 1 aromatic rings. The van der Waals surface area contributed by atoms with Gasteiger partial charge >= 0.3 is 0 Å². The largest absolute Gasteiger partial charge is 0.374 e. The molecule has 2 aliphatic rings. The van der Waals surface area contributed by atoms with Gasteiger partial charge in [-0.15, -0.1) is 11.6 Å². The lowest BCUT2D eigenvalue weighted by atomic mass is 9.88. The smallest absolute Gasteiger partial charge is 0.129 e. The second-order valence-electron chi connectivity index (χ2n) is 6.19. The summed E-state index contributed by atoms with van der Waals surface area (Å²) in [5.41, 5.74) is 1.59. The Morgan fingerprint density at radius 2 is 2.16 bits per heavy atom. The zero-order valence-electron chi connectivity index (χ0n) is 11.4. The molecule has 0 spiro atoms. The number of fused-ring (bicyclic) bond motifs is 2. The Kier molecular flexibility index (Phi) is 3.70. The van der Waals surface area contributed by atoms with Gasteiger partial charge in [-0.1, -0.05) is 12.5 Å². The first kappa shape index (κ1) is 13.2. The molecule has 3 atom stereocenters. The van der Waals surface area contributed by atoms with Gasteiger partial charge in [-0.05, 0) is 49.1 Å². The molecule has 0 saturated heterocycles. The number of benzene rings is 1. The summed E-state index contributed by atoms with van der Waals surface area (Å²) in [4.78, 5) is 2.20. The summed E-state index contributed by atoms with van der Waals surface area (Å²) < 4.78 is 13.8. The molecule has 1 aromatic carbocycles. The molecule has 3 unspecified atom stereocenters. The molecule has 2 saturated carbocycles. The minimum Gasteiger partial charge on any atom is -0.374 e. The van der Waals surface area contributed by atoms with Crippen molar-refractivity contribution in [2.45, 2.75) is 31.6 Å². The van der Waals surface area contributed by atoms with Crippen LogP contribution in [0.5, 0.6) is 0 Å². The highest BCUT2D eigenvalue weighted by Crippen LogP contribution is 2.48. The molecule has 2 fully saturated rings. The molecule has 1 nitrogen and oxygen atoms in total. The molecule has 2 bridgehead atoms. The van der Waals surface area contributed by atoms with Gasteiger partial charge in [-0.3, -0.25) is 0 Å². The Morgan fingerprint density at radius 3 is 2.79 bits per heavy atom. The van der Waals surface area contributed by atoms with E-state index in [1.165, 1.54) is 31.7 Å². The molecule has 0 radical (unpaired) electrons. The second kappa shape index (κ2) is 5.32. The molecule has 0 amide bonds. The number of anilines is 1. The predicted molar refractivity (Wildman–Crippen MR) is 78.2 cm³/mol. The number of halogens is 2. The molecule has 3 heteroatoms. The van der Waals surface area contributed by atoms with E-state index in [2.05, 4.69) is 11.9 Å². The van der Waals surface area contributed by atoms with Crippen LogP contribution in [0.25, 0.3) is 0 Å². The van der Waals surface area contributed by atoms with Gasteiger partial charge in [-0.25, -0.2) is 4.39 Å². The van der Waals surface area contributed by atoms with Crippen LogP contribution in [-0.2, 0) is 5.88 Å². The molecular weight excluding hydrogens is 261 g/mol. The monoisotopic (exact) mass is 281 g/mol. The molecule has 19 heavy (non-hydrogen) atoms. The topological polar surface area (TPSA) is 3.24 Å². The summed E-state index contributed by atoms with van der Waals surface area (Å²) >= 11 is 5.89. The minimum atomic E-state index is -0.188. The number of hydrogen-bond donors (Lipinski definition) is 0. The van der Waals surface area contributed by atoms with Crippen LogP contribution >= 0.6 is 11.6 Å². The van der Waals surface area contributed by atoms with Crippen molar-refractivity contribution >= 4 is 17.3 Å². The first-order chi connectivity index (χ1) is 9.19. The van der Waals surface area contributed by atoms with Crippen molar-refractivity contribution in [1.29, 1.82) is 0 Å². The van der Waals surface area contributed by atoms with E-state index in [0.29, 0.717) is 5.56 Å². The van der Waals surface area contributed by atoms with Gasteiger partial charge in [0.1, 0.15) is 5.82 Å². The Balaban J connectivity index is 1.73. The van der Waals surface area contributed by atoms with Crippen molar-refractivity contribution < 1.29 is 4.39 Å². The lowest BCUT2D eigenvalue weighted by Gasteiger charge is -2.29. The SMILES string of the molecule is CN(CC1CC2CCC1C2)c1cccc(F)c1CCl. The van der Waals surface area contributed by atoms with Crippen molar-refractivity contribution in [3.05, 3.63) is 29.6 Å². The van der Waals surface area contributed by atoms with Crippen LogP contribution in [0.15, 0.2) is 18.2 Å². The summed E-state index contributed by atoms with van der Waals surface area (Å²) in [6.07, 6.45) is 5.61. The Labute approximate surface area is 119 Å². The average molecular weight is 282 g/mol. The van der Waals surface area contributed by atoms with Crippen molar-refractivity contribution in [3.63, 3.8) is 0 Å². The normalized spacial score (nSPS) is 28.9. The third-order valence-corrected chi connectivity index (χ3v) is 5.30. The van der Waals surface area contributed by atoms with E-state index in [9.17, 15) is 4.39 Å². The van der Waals surface area contributed by atoms with Gasteiger partial charge in [0.25, 0.3) is 0 Å². The maximum absolute atomic E-state index is 13.8. The van der Waals surface area contributed by atoms with E-state index in [0.717, 1.165) is 30.0 Å². The standard InChI is InChI=1S/C16H21ClFN/c1-19(10-13-8-11-5-6-12(13)7-11)16-4-2-3-15(18)14(16)9-17/h2-4,11-13H,5-10H2,1H3. The molecule has 2 aliphatic carbocycles. The van der Waals surface area contributed by atoms with E-state index in [4.69, 9.17) is 11.6 Å². The Hall–Kier alpha value is -0.760. The molecule has 0 heterocycles. The van der Waals surface area contributed by atoms with Gasteiger partial charge in [0.2, 0.25) is 0 Å². The zero-order valence-corrected chi connectivity index (χ0v) is 12.2. The van der Waals surface area contributed by atoms with Crippen LogP contribution in [0.1, 0.15) is 31.2 Å². The van der Waals surface area contributed by atoms with Gasteiger partial charge in [-0.2, -0.15) is 0 Å². The average Bonchev–Trinajstić information content (AvgIpc) is 3.00. The molecule has 104 valence electrons. The van der Waals surface area contributed by atoms with Crippen LogP contribution < -0.4 is 4.90 Å². The third kappa shape index (κ3) is 2.47. The fraction of sp³-hybridized carbons (Fsp3) is 0.625. The fourth-order valence-electron chi connectivity index (χ4n) is 4.09. The van der Waals surface area contributed by atoms with Gasteiger partial charge in [0, 0.05) is 24.8 Å². The number of rotatable bonds is 4. The number of hydrogen-bond acceptors (Lipinski definition) is 1. The molecule has 0 N–H and O–H groups in total. The lowest BCUT2D eigenvalue weighted by Crippen LogP contribution is -2.29. The quantitative estimate of drug-likeness (QED) is 0.738. The van der Waals surface area contributed by atoms with E-state index in [1.54, 1.807) is 6.07 Å². The highest BCUT2D eigenvalue weighted by molar-refractivity contribution is 6.17. The molecule has 0 aromatic heterocycles. The maximum Gasteiger partial charge on any atom is 0.129 e. The maximum atomic E-state index is 13.8. The summed E-state index contributed by atoms with van der Waals surface area (Å²) in [5.74, 6) is 2.70. The van der Waals surface area contributed by atoms with Gasteiger partial charge in [0.05, 0.1) is 5.88 Å². The highest BCUT2D eigenvalue weighted by atomic mass is 35.5. The van der Waals surface area contributed by atoms with E-state index < -0.39 is 0 Å². The van der Waals surface area contributed by atoms with Crippen molar-refractivity contribution in [2.75, 3.05) is 18.5 Å². The summed E-state index contributed by atoms with van der Waals surface area (Å²) in [7, 11) is 2.07. The third-order valence-electron chi connectivity index (χ3n) is 5.03. The Morgan fingerprint density at radius 1 is 1.32 bits per heavy atom. The predicted octanol–water partition coefficient (Wildman–Crippen LogP) is 4.44. The van der Waals surface area contributed by atoms with Crippen LogP contribution in [0.2, 0.25) is 0 Å². The van der Waals surface area contributed by atoms with Crippen LogP contribution in [0.3, 0.4) is 0 Å². The van der Waals surface area contributed by atoms with E-state index in [-0.39, 0.29) is 11.7 Å². The molecule has 3 rings (SSSR count). The summed E-state index contributed by atoms with van der Waals surface area (Å²) in [5, 5.41) is 0. The van der Waals surface area contributed by atoms with Crippen LogP contribution in [0, 0.1) is 23.6 Å². The van der Waals surface area contributed by atoms with Gasteiger partial charge in [0.15, 0.2) is 0 Å². The van der Waals surface area contributed by atoms with Crippen LogP contribution in [-0.4, -0.2) is 13.6 Å². The molecule has 0 aliphatic heterocycles. The first-order valence-electron chi connectivity index (χ1n) is 7.23. The highest BCUT2D eigenvalue weighted by Gasteiger charge is 2.39. The van der Waals surface area contributed by atoms with Crippen LogP contribution in [0.4, 0.5) is 10.1 Å². The van der Waals surface area contributed by atoms with E-state index >= 15 is 0 Å². The van der Waals surface area contributed by atoms with Crippen molar-refractivity contribution in [1.82, 2.24) is 0 Å². The summed E-state index contributed by atoms with van der Waals surface area (Å²) in [6.45, 7) is 1.04. The zero-order chi connectivity index (χ0) is 13.4. The number of alkyl halides is 1. The molecular formula is C16H21ClFN. The van der Waals surface area contributed by atoms with Crippen molar-refractivity contribution in [2.24, 2.45) is 17.8 Å². The fourth-order valence-corrected chi connectivity index (χ4v) is 4.35. The summed E-state index contributed by atoms with van der Waals surface area (Å²) in [6, 6.07) is 5.25. The number of nitrogens with zero attached hydrogens (tertiary/aromatic N) is 1. The Bertz CT molecular complexity index is 462. The first-order valence-corrected chi connectivity index (χ1v) is 7.77. The minimum absolute atomic E-state index is 0.188. The van der Waals surface area contributed by atoms with E-state index in [1.807, 2.05) is 6.07 Å². The lowest BCUT2D eigenvalue weighted by molar-refractivity contribution is 0.337. The van der Waals surface area contributed by atoms with Crippen molar-refractivity contribution in [3.8, 4) is 0 Å². The van der Waals surface area contributed by atoms with Gasteiger partial charge < -0.3 is 4.90 Å².